The zero-order valence-electron chi connectivity index (χ0n) is 18.4. The molecule has 32 heavy (non-hydrogen) atoms. The van der Waals surface area contributed by atoms with E-state index in [9.17, 15) is 19.5 Å². The van der Waals surface area contributed by atoms with Crippen molar-refractivity contribution >= 4 is 17.7 Å². The maximum Gasteiger partial charge on any atom is 0.258 e. The molecule has 0 bridgehead atoms. The minimum atomic E-state index is -0.299. The van der Waals surface area contributed by atoms with Crippen LogP contribution in [0.3, 0.4) is 0 Å². The maximum atomic E-state index is 12.4. The van der Waals surface area contributed by atoms with Crippen molar-refractivity contribution in [2.24, 2.45) is 0 Å². The average molecular weight is 444 g/mol. The SMILES string of the molecule is COc1cc(C(=O)NCCCNC(=O)c2cccc(O)c2)ccc1OCC(=O)NC(C)C. The third-order valence-corrected chi connectivity index (χ3v) is 4.27. The van der Waals surface area contributed by atoms with Gasteiger partial charge in [-0.3, -0.25) is 14.4 Å². The fourth-order valence-electron chi connectivity index (χ4n) is 2.78. The minimum Gasteiger partial charge on any atom is -0.508 e. The standard InChI is InChI=1S/C23H29N3O6/c1-15(2)26-21(28)14-32-19-9-8-17(13-20(19)31-3)23(30)25-11-5-10-24-22(29)16-6-4-7-18(27)12-16/h4,6-9,12-13,15,27H,5,10-11,14H2,1-3H3,(H,24,29)(H,25,30)(H,26,28). The molecule has 0 atom stereocenters. The molecule has 2 aromatic carbocycles. The van der Waals surface area contributed by atoms with E-state index in [0.717, 1.165) is 0 Å². The number of amides is 3. The van der Waals surface area contributed by atoms with Gasteiger partial charge in [-0.15, -0.1) is 0 Å². The van der Waals surface area contributed by atoms with Gasteiger partial charge in [0.25, 0.3) is 17.7 Å². The van der Waals surface area contributed by atoms with E-state index in [1.54, 1.807) is 24.3 Å². The zero-order valence-corrected chi connectivity index (χ0v) is 18.4. The number of ether oxygens (including phenoxy) is 2. The summed E-state index contributed by atoms with van der Waals surface area (Å²) in [6.07, 6.45) is 0.527. The summed E-state index contributed by atoms with van der Waals surface area (Å²) in [4.78, 5) is 36.1. The van der Waals surface area contributed by atoms with Gasteiger partial charge in [-0.05, 0) is 56.7 Å². The molecule has 0 fully saturated rings. The first-order chi connectivity index (χ1) is 15.3. The molecular weight excluding hydrogens is 414 g/mol. The Hall–Kier alpha value is -3.75. The number of phenolic OH excluding ortho intramolecular Hbond substituents is 1. The summed E-state index contributed by atoms with van der Waals surface area (Å²) in [6.45, 7) is 4.27. The molecule has 9 heteroatoms. The number of aromatic hydroxyl groups is 1. The van der Waals surface area contributed by atoms with E-state index in [0.29, 0.717) is 42.1 Å². The van der Waals surface area contributed by atoms with Crippen molar-refractivity contribution < 1.29 is 29.0 Å². The van der Waals surface area contributed by atoms with Crippen molar-refractivity contribution in [3.8, 4) is 17.2 Å². The summed E-state index contributed by atoms with van der Waals surface area (Å²) in [5.74, 6) is -0.122. The van der Waals surface area contributed by atoms with Crippen LogP contribution in [-0.4, -0.2) is 55.7 Å². The highest BCUT2D eigenvalue weighted by molar-refractivity contribution is 5.95. The van der Waals surface area contributed by atoms with E-state index in [-0.39, 0.29) is 36.1 Å². The second kappa shape index (κ2) is 12.2. The Bertz CT molecular complexity index is 945. The van der Waals surface area contributed by atoms with Crippen LogP contribution in [-0.2, 0) is 4.79 Å². The Morgan fingerprint density at radius 2 is 1.59 bits per heavy atom. The monoisotopic (exact) mass is 443 g/mol. The first-order valence-electron chi connectivity index (χ1n) is 10.3. The summed E-state index contributed by atoms with van der Waals surface area (Å²) in [5.41, 5.74) is 0.745. The van der Waals surface area contributed by atoms with Crippen LogP contribution in [0.1, 0.15) is 41.0 Å². The summed E-state index contributed by atoms with van der Waals surface area (Å²) < 4.78 is 10.7. The highest BCUT2D eigenvalue weighted by Crippen LogP contribution is 2.28. The number of benzene rings is 2. The molecule has 9 nitrogen and oxygen atoms in total. The molecule has 0 aliphatic heterocycles. The number of hydrogen-bond acceptors (Lipinski definition) is 6. The smallest absolute Gasteiger partial charge is 0.258 e. The predicted molar refractivity (Wildman–Crippen MR) is 119 cm³/mol. The largest absolute Gasteiger partial charge is 0.508 e. The van der Waals surface area contributed by atoms with E-state index in [2.05, 4.69) is 16.0 Å². The Morgan fingerprint density at radius 1 is 0.938 bits per heavy atom. The average Bonchev–Trinajstić information content (AvgIpc) is 2.76. The number of hydrogen-bond donors (Lipinski definition) is 4. The van der Waals surface area contributed by atoms with Gasteiger partial charge in [-0.25, -0.2) is 0 Å². The van der Waals surface area contributed by atoms with Gasteiger partial charge in [-0.2, -0.15) is 0 Å². The maximum absolute atomic E-state index is 12.4. The van der Waals surface area contributed by atoms with Crippen LogP contribution in [0, 0.1) is 0 Å². The van der Waals surface area contributed by atoms with Gasteiger partial charge >= 0.3 is 0 Å². The fraction of sp³-hybridized carbons (Fsp3) is 0.348. The Morgan fingerprint density at radius 3 is 2.19 bits per heavy atom. The lowest BCUT2D eigenvalue weighted by Crippen LogP contribution is -2.34. The van der Waals surface area contributed by atoms with Gasteiger partial charge in [0.05, 0.1) is 7.11 Å². The summed E-state index contributed by atoms with van der Waals surface area (Å²) in [6, 6.07) is 10.8. The molecule has 0 aliphatic rings. The second-order valence-corrected chi connectivity index (χ2v) is 7.29. The first kappa shape index (κ1) is 24.5. The van der Waals surface area contributed by atoms with Crippen LogP contribution in [0.5, 0.6) is 17.2 Å². The normalized spacial score (nSPS) is 10.4. The lowest BCUT2D eigenvalue weighted by atomic mass is 10.2. The summed E-state index contributed by atoms with van der Waals surface area (Å²) in [5, 5.41) is 17.6. The van der Waals surface area contributed by atoms with Gasteiger partial charge in [0.1, 0.15) is 5.75 Å². The fourth-order valence-corrected chi connectivity index (χ4v) is 2.78. The second-order valence-electron chi connectivity index (χ2n) is 7.29. The Labute approximate surface area is 187 Å². The summed E-state index contributed by atoms with van der Waals surface area (Å²) >= 11 is 0. The highest BCUT2D eigenvalue weighted by Gasteiger charge is 2.13. The van der Waals surface area contributed by atoms with Gasteiger partial charge < -0.3 is 30.5 Å². The molecule has 0 saturated heterocycles. The third kappa shape index (κ3) is 7.82. The van der Waals surface area contributed by atoms with Crippen LogP contribution >= 0.6 is 0 Å². The van der Waals surface area contributed by atoms with Gasteiger partial charge in [-0.1, -0.05) is 6.07 Å². The molecule has 2 aromatic rings. The van der Waals surface area contributed by atoms with Gasteiger partial charge in [0.15, 0.2) is 18.1 Å². The molecular formula is C23H29N3O6. The highest BCUT2D eigenvalue weighted by atomic mass is 16.5. The number of phenols is 1. The number of carbonyl (C=O) groups excluding carboxylic acids is 3. The molecule has 0 radical (unpaired) electrons. The molecule has 4 N–H and O–H groups in total. The third-order valence-electron chi connectivity index (χ3n) is 4.27. The Balaban J connectivity index is 1.78. The number of carbonyl (C=O) groups is 3. The van der Waals surface area contributed by atoms with Crippen LogP contribution in [0.4, 0.5) is 0 Å². The quantitative estimate of drug-likeness (QED) is 0.393. The van der Waals surface area contributed by atoms with E-state index in [1.165, 1.54) is 25.3 Å². The molecule has 0 aliphatic carbocycles. The van der Waals surface area contributed by atoms with E-state index < -0.39 is 0 Å². The van der Waals surface area contributed by atoms with Gasteiger partial charge in [0.2, 0.25) is 0 Å². The molecule has 172 valence electrons. The number of rotatable bonds is 11. The van der Waals surface area contributed by atoms with Crippen LogP contribution in [0.2, 0.25) is 0 Å². The number of methoxy groups -OCH3 is 1. The molecule has 2 rings (SSSR count). The van der Waals surface area contributed by atoms with E-state index >= 15 is 0 Å². The topological polar surface area (TPSA) is 126 Å². The van der Waals surface area contributed by atoms with Crippen molar-refractivity contribution in [1.29, 1.82) is 0 Å². The lowest BCUT2D eigenvalue weighted by molar-refractivity contribution is -0.123. The van der Waals surface area contributed by atoms with Crippen molar-refractivity contribution in [2.45, 2.75) is 26.3 Å². The van der Waals surface area contributed by atoms with E-state index in [4.69, 9.17) is 9.47 Å². The summed E-state index contributed by atoms with van der Waals surface area (Å²) in [7, 11) is 1.45. The van der Waals surface area contributed by atoms with Crippen molar-refractivity contribution in [2.75, 3.05) is 26.8 Å². The Kier molecular flexibility index (Phi) is 9.34. The first-order valence-corrected chi connectivity index (χ1v) is 10.3. The van der Waals surface area contributed by atoms with Crippen molar-refractivity contribution in [3.05, 3.63) is 53.6 Å². The van der Waals surface area contributed by atoms with E-state index in [1.807, 2.05) is 13.8 Å². The predicted octanol–water partition coefficient (Wildman–Crippen LogP) is 1.85. The molecule has 3 amide bonds. The van der Waals surface area contributed by atoms with Crippen LogP contribution < -0.4 is 25.4 Å². The zero-order chi connectivity index (χ0) is 23.5. The van der Waals surface area contributed by atoms with Crippen LogP contribution in [0.25, 0.3) is 0 Å². The lowest BCUT2D eigenvalue weighted by Gasteiger charge is -2.13. The minimum absolute atomic E-state index is 0.0131. The number of nitrogens with one attached hydrogen (secondary N) is 3. The molecule has 0 aromatic heterocycles. The van der Waals surface area contributed by atoms with Crippen LogP contribution in [0.15, 0.2) is 42.5 Å². The van der Waals surface area contributed by atoms with Crippen molar-refractivity contribution in [3.63, 3.8) is 0 Å². The van der Waals surface area contributed by atoms with Crippen molar-refractivity contribution in [1.82, 2.24) is 16.0 Å². The van der Waals surface area contributed by atoms with Gasteiger partial charge in [0, 0.05) is 30.3 Å². The molecule has 0 spiro atoms. The molecule has 0 heterocycles. The molecule has 0 unspecified atom stereocenters. The molecule has 0 saturated carbocycles.